The highest BCUT2D eigenvalue weighted by Gasteiger charge is 2.33. The zero-order valence-electron chi connectivity index (χ0n) is 23.6. The Morgan fingerprint density at radius 1 is 0.929 bits per heavy atom. The molecule has 3 amide bonds. The molecule has 0 spiro atoms. The highest BCUT2D eigenvalue weighted by atomic mass is 16.7. The van der Waals surface area contributed by atoms with Gasteiger partial charge in [-0.2, -0.15) is 5.06 Å². The second kappa shape index (κ2) is 15.8. The Balaban J connectivity index is 1.63. The van der Waals surface area contributed by atoms with E-state index in [2.05, 4.69) is 10.6 Å². The molecule has 11 heteroatoms. The first-order valence-corrected chi connectivity index (χ1v) is 13.8. The van der Waals surface area contributed by atoms with Crippen molar-refractivity contribution in [2.75, 3.05) is 6.67 Å². The molecule has 0 saturated carbocycles. The van der Waals surface area contributed by atoms with Crippen LogP contribution in [0, 0.1) is 5.92 Å². The van der Waals surface area contributed by atoms with Crippen LogP contribution in [-0.2, 0) is 14.4 Å². The lowest BCUT2D eigenvalue weighted by molar-refractivity contribution is -0.171. The monoisotopic (exact) mass is 577 g/mol. The van der Waals surface area contributed by atoms with Crippen molar-refractivity contribution in [1.29, 1.82) is 0 Å². The third-order valence-electron chi connectivity index (χ3n) is 6.72. The minimum absolute atomic E-state index is 0.00689. The number of carbonyl (C=O) groups excluding carboxylic acids is 4. The number of benzene rings is 2. The normalized spacial score (nSPS) is 12.0. The molecular formula is C31H35N3O8. The van der Waals surface area contributed by atoms with Crippen LogP contribution in [0.25, 0.3) is 11.3 Å². The summed E-state index contributed by atoms with van der Waals surface area (Å²) in [6.07, 6.45) is 3.72. The Morgan fingerprint density at radius 2 is 1.64 bits per heavy atom. The number of unbranched alkanes of at least 4 members (excludes halogenated alkanes) is 2. The fourth-order valence-electron chi connectivity index (χ4n) is 4.47. The van der Waals surface area contributed by atoms with Gasteiger partial charge in [0.1, 0.15) is 5.76 Å². The number of hydrogen-bond acceptors (Lipinski definition) is 7. The molecule has 2 atom stereocenters. The predicted molar refractivity (Wildman–Crippen MR) is 153 cm³/mol. The average molecular weight is 578 g/mol. The first-order valence-electron chi connectivity index (χ1n) is 13.8. The van der Waals surface area contributed by atoms with E-state index >= 15 is 0 Å². The van der Waals surface area contributed by atoms with Gasteiger partial charge in [-0.25, -0.2) is 9.59 Å². The number of carboxylic acid groups (broad SMARTS) is 1. The number of furan rings is 1. The molecule has 42 heavy (non-hydrogen) atoms. The Bertz CT molecular complexity index is 1350. The van der Waals surface area contributed by atoms with Crippen LogP contribution in [0.4, 0.5) is 0 Å². The maximum absolute atomic E-state index is 13.3. The van der Waals surface area contributed by atoms with Crippen LogP contribution in [0.2, 0.25) is 0 Å². The summed E-state index contributed by atoms with van der Waals surface area (Å²) in [5, 5.41) is 15.2. The number of rotatable bonds is 16. The maximum Gasteiger partial charge on any atom is 0.363 e. The molecule has 0 fully saturated rings. The van der Waals surface area contributed by atoms with Gasteiger partial charge in [-0.05, 0) is 49.2 Å². The SMILES string of the molecule is CCCCC[C@@H](C(=O)NCNC(=O)c1ccc(-c2ccc(C(=O)O)cc2)o1)[C@@H](CC)N(C=O)OC(=O)c1ccccc1. The van der Waals surface area contributed by atoms with Gasteiger partial charge in [0.25, 0.3) is 5.91 Å². The van der Waals surface area contributed by atoms with Crippen LogP contribution in [0.15, 0.2) is 71.1 Å². The Kier molecular flexibility index (Phi) is 11.8. The number of amides is 3. The van der Waals surface area contributed by atoms with Crippen LogP contribution in [0.5, 0.6) is 0 Å². The van der Waals surface area contributed by atoms with Crippen molar-refractivity contribution in [2.24, 2.45) is 5.92 Å². The van der Waals surface area contributed by atoms with Crippen molar-refractivity contribution in [1.82, 2.24) is 15.7 Å². The highest BCUT2D eigenvalue weighted by Crippen LogP contribution is 2.24. The molecule has 3 aromatic rings. The summed E-state index contributed by atoms with van der Waals surface area (Å²) in [5.74, 6) is -3.04. The van der Waals surface area contributed by atoms with Gasteiger partial charge in [-0.3, -0.25) is 14.4 Å². The zero-order valence-corrected chi connectivity index (χ0v) is 23.6. The van der Waals surface area contributed by atoms with Crippen molar-refractivity contribution < 1.29 is 38.3 Å². The van der Waals surface area contributed by atoms with Crippen molar-refractivity contribution in [3.8, 4) is 11.3 Å². The van der Waals surface area contributed by atoms with Gasteiger partial charge < -0.3 is 25.0 Å². The van der Waals surface area contributed by atoms with E-state index in [-0.39, 0.29) is 23.6 Å². The van der Waals surface area contributed by atoms with Gasteiger partial charge in [0, 0.05) is 5.56 Å². The number of nitrogens with one attached hydrogen (secondary N) is 2. The third kappa shape index (κ3) is 8.53. The number of nitrogens with zero attached hydrogens (tertiary/aromatic N) is 1. The lowest BCUT2D eigenvalue weighted by Gasteiger charge is -2.31. The van der Waals surface area contributed by atoms with E-state index in [0.717, 1.165) is 24.3 Å². The van der Waals surface area contributed by atoms with Gasteiger partial charge >= 0.3 is 11.9 Å². The molecule has 1 aromatic heterocycles. The topological polar surface area (TPSA) is 155 Å². The predicted octanol–water partition coefficient (Wildman–Crippen LogP) is 4.65. The standard InChI is InChI=1S/C31H35N3O8/c1-3-5-7-12-24(25(4-2)34(20-35)42-31(40)23-10-8-6-9-11-23)28(36)32-19-33-29(37)27-18-17-26(41-27)21-13-15-22(16-14-21)30(38)39/h6,8-11,13-18,20,24-25H,3-5,7,12,19H2,1-2H3,(H,32,36)(H,33,37)(H,38,39)/t24-,25-/m1/s1. The number of hydrogen-bond donors (Lipinski definition) is 3. The van der Waals surface area contributed by atoms with Gasteiger partial charge in [-0.1, -0.05) is 63.4 Å². The Hall–Kier alpha value is -4.93. The maximum atomic E-state index is 13.3. The number of hydroxylamine groups is 2. The molecule has 2 aromatic carbocycles. The van der Waals surface area contributed by atoms with Crippen molar-refractivity contribution in [2.45, 2.75) is 52.0 Å². The summed E-state index contributed by atoms with van der Waals surface area (Å²) in [7, 11) is 0. The number of carboxylic acids is 1. The van der Waals surface area contributed by atoms with Crippen molar-refractivity contribution in [3.05, 3.63) is 83.6 Å². The lowest BCUT2D eigenvalue weighted by atomic mass is 9.90. The van der Waals surface area contributed by atoms with Crippen molar-refractivity contribution >= 4 is 30.2 Å². The summed E-state index contributed by atoms with van der Waals surface area (Å²) >= 11 is 0. The molecule has 3 N–H and O–H groups in total. The van der Waals surface area contributed by atoms with E-state index in [1.54, 1.807) is 55.5 Å². The van der Waals surface area contributed by atoms with Crippen LogP contribution < -0.4 is 10.6 Å². The quantitative estimate of drug-likeness (QED) is 0.0961. The van der Waals surface area contributed by atoms with Gasteiger partial charge in [0.15, 0.2) is 5.76 Å². The second-order valence-electron chi connectivity index (χ2n) is 9.56. The smallest absolute Gasteiger partial charge is 0.363 e. The van der Waals surface area contributed by atoms with E-state index in [1.807, 2.05) is 6.92 Å². The third-order valence-corrected chi connectivity index (χ3v) is 6.72. The molecule has 11 nitrogen and oxygen atoms in total. The minimum Gasteiger partial charge on any atom is -0.478 e. The Labute approximate surface area is 243 Å². The molecule has 0 aliphatic rings. The fourth-order valence-corrected chi connectivity index (χ4v) is 4.47. The molecule has 222 valence electrons. The van der Waals surface area contributed by atoms with Crippen LogP contribution in [0.1, 0.15) is 77.2 Å². The summed E-state index contributed by atoms with van der Waals surface area (Å²) < 4.78 is 5.61. The Morgan fingerprint density at radius 3 is 2.26 bits per heavy atom. The number of carbonyl (C=O) groups is 5. The highest BCUT2D eigenvalue weighted by molar-refractivity contribution is 5.92. The first-order chi connectivity index (χ1) is 20.3. The van der Waals surface area contributed by atoms with E-state index in [1.165, 1.54) is 18.2 Å². The van der Waals surface area contributed by atoms with E-state index < -0.39 is 35.7 Å². The van der Waals surface area contributed by atoms with Gasteiger partial charge in [0.2, 0.25) is 12.3 Å². The molecule has 0 aliphatic carbocycles. The average Bonchev–Trinajstić information content (AvgIpc) is 3.51. The van der Waals surface area contributed by atoms with Crippen LogP contribution in [-0.4, -0.2) is 53.0 Å². The van der Waals surface area contributed by atoms with Crippen LogP contribution >= 0.6 is 0 Å². The second-order valence-corrected chi connectivity index (χ2v) is 9.56. The summed E-state index contributed by atoms with van der Waals surface area (Å²) in [4.78, 5) is 66.9. The molecule has 0 aliphatic heterocycles. The van der Waals surface area contributed by atoms with Crippen molar-refractivity contribution in [3.63, 3.8) is 0 Å². The number of aromatic carboxylic acids is 1. The largest absolute Gasteiger partial charge is 0.478 e. The molecule has 1 heterocycles. The fraction of sp³-hybridized carbons (Fsp3) is 0.323. The van der Waals surface area contributed by atoms with E-state index in [4.69, 9.17) is 14.4 Å². The molecule has 0 radical (unpaired) electrons. The molecule has 0 unspecified atom stereocenters. The summed E-state index contributed by atoms with van der Waals surface area (Å²) in [5.41, 5.74) is 0.996. The van der Waals surface area contributed by atoms with Gasteiger partial charge in [0.05, 0.1) is 29.8 Å². The minimum atomic E-state index is -1.05. The summed E-state index contributed by atoms with van der Waals surface area (Å²) in [6, 6.07) is 16.6. The molecule has 0 bridgehead atoms. The molecule has 3 rings (SSSR count). The lowest BCUT2D eigenvalue weighted by Crippen LogP contribution is -2.49. The van der Waals surface area contributed by atoms with E-state index in [9.17, 15) is 24.0 Å². The van der Waals surface area contributed by atoms with E-state index in [0.29, 0.717) is 30.6 Å². The molecular weight excluding hydrogens is 542 g/mol. The summed E-state index contributed by atoms with van der Waals surface area (Å²) in [6.45, 7) is 3.63. The van der Waals surface area contributed by atoms with Gasteiger partial charge in [-0.15, -0.1) is 0 Å². The first kappa shape index (κ1) is 31.6. The zero-order chi connectivity index (χ0) is 30.5. The molecule has 0 saturated heterocycles. The van der Waals surface area contributed by atoms with Crippen LogP contribution in [0.3, 0.4) is 0 Å².